The third-order valence-electron chi connectivity index (χ3n) is 6.51. The fraction of sp³-hybridized carbons (Fsp3) is 0.385. The number of ether oxygens (including phenoxy) is 6. The van der Waals surface area contributed by atoms with Crippen molar-refractivity contribution < 1.29 is 38.0 Å². The van der Waals surface area contributed by atoms with Crippen LogP contribution in [0.4, 0.5) is 0 Å². The molecule has 0 N–H and O–H groups in total. The van der Waals surface area contributed by atoms with Gasteiger partial charge in [0, 0.05) is 0 Å². The molecule has 0 aliphatic carbocycles. The summed E-state index contributed by atoms with van der Waals surface area (Å²) in [6, 6.07) is 19.3. The molecule has 8 heteroatoms. The van der Waals surface area contributed by atoms with Crippen LogP contribution in [0.25, 0.3) is 0 Å². The van der Waals surface area contributed by atoms with E-state index in [1.165, 1.54) is 14.2 Å². The highest BCUT2D eigenvalue weighted by molar-refractivity contribution is 6.06. The lowest BCUT2D eigenvalue weighted by Crippen LogP contribution is -2.44. The van der Waals surface area contributed by atoms with Gasteiger partial charge in [-0.05, 0) is 11.1 Å². The summed E-state index contributed by atoms with van der Waals surface area (Å²) in [6.07, 6.45) is -0.905. The van der Waals surface area contributed by atoms with E-state index >= 15 is 0 Å². The first-order valence-corrected chi connectivity index (χ1v) is 11.1. The molecule has 4 atom stereocenters. The molecule has 5 rings (SSSR count). The Kier molecular flexibility index (Phi) is 5.99. The zero-order chi connectivity index (χ0) is 23.8. The van der Waals surface area contributed by atoms with Crippen LogP contribution < -0.4 is 0 Å². The number of epoxide rings is 1. The second-order valence-corrected chi connectivity index (χ2v) is 8.55. The van der Waals surface area contributed by atoms with Crippen molar-refractivity contribution in [1.82, 2.24) is 0 Å². The summed E-state index contributed by atoms with van der Waals surface area (Å²) < 4.78 is 34.5. The molecule has 0 saturated carbocycles. The zero-order valence-electron chi connectivity index (χ0n) is 19.0. The van der Waals surface area contributed by atoms with Crippen LogP contribution in [0, 0.1) is 0 Å². The molecule has 8 nitrogen and oxygen atoms in total. The molecule has 0 spiro atoms. The van der Waals surface area contributed by atoms with Gasteiger partial charge in [0.1, 0.15) is 12.2 Å². The predicted molar refractivity (Wildman–Crippen MR) is 118 cm³/mol. The molecule has 178 valence electrons. The first-order valence-electron chi connectivity index (χ1n) is 11.1. The van der Waals surface area contributed by atoms with Gasteiger partial charge in [-0.25, -0.2) is 9.59 Å². The maximum Gasteiger partial charge on any atom is 0.337 e. The maximum absolute atomic E-state index is 13.0. The smallest absolute Gasteiger partial charge is 0.337 e. The summed E-state index contributed by atoms with van der Waals surface area (Å²) in [5.74, 6) is -1.36. The molecule has 2 fully saturated rings. The van der Waals surface area contributed by atoms with Crippen LogP contribution in [0.15, 0.2) is 71.8 Å². The summed E-state index contributed by atoms with van der Waals surface area (Å²) in [6.45, 7) is 0.633. The standard InChI is InChI=1S/C26H26O8/c1-29-23(27)19-20(24(28)30-2)26(16-32-14-18-11-7-4-8-12-18)22-21(33-22)25(19,34-26)15-31-13-17-9-5-3-6-10-17/h3-12,21-22H,13-16H2,1-2H3/t21-,22+,25+,26-. The number of carbonyl (C=O) groups excluding carboxylic acids is 2. The van der Waals surface area contributed by atoms with Crippen LogP contribution in [-0.4, -0.2) is 62.8 Å². The van der Waals surface area contributed by atoms with Gasteiger partial charge in [0.05, 0.1) is 51.8 Å². The summed E-state index contributed by atoms with van der Waals surface area (Å²) in [5.41, 5.74) is -0.470. The average molecular weight is 466 g/mol. The van der Waals surface area contributed by atoms with E-state index in [9.17, 15) is 9.59 Å². The minimum Gasteiger partial charge on any atom is -0.466 e. The molecule has 2 saturated heterocycles. The number of rotatable bonds is 10. The van der Waals surface area contributed by atoms with Crippen molar-refractivity contribution in [2.24, 2.45) is 0 Å². The molecule has 3 aliphatic heterocycles. The molecule has 2 bridgehead atoms. The van der Waals surface area contributed by atoms with E-state index in [1.807, 2.05) is 60.7 Å². The minimum absolute atomic E-state index is 0.00836. The molecular formula is C26H26O8. The molecule has 3 aliphatic rings. The van der Waals surface area contributed by atoms with Gasteiger partial charge in [-0.2, -0.15) is 0 Å². The van der Waals surface area contributed by atoms with Crippen molar-refractivity contribution in [1.29, 1.82) is 0 Å². The highest BCUT2D eigenvalue weighted by Gasteiger charge is 2.82. The van der Waals surface area contributed by atoms with E-state index in [0.717, 1.165) is 11.1 Å². The Hall–Kier alpha value is -3.04. The van der Waals surface area contributed by atoms with Crippen molar-refractivity contribution in [3.63, 3.8) is 0 Å². The SMILES string of the molecule is COC(=O)C1=C(C(=O)OC)[C@@]2(COCc3ccccc3)O[C@]1(COCc1ccccc1)[C@@H]1O[C@@H]12. The number of esters is 2. The number of benzene rings is 2. The van der Waals surface area contributed by atoms with Crippen LogP contribution in [0.1, 0.15) is 11.1 Å². The predicted octanol–water partition coefficient (Wildman–Crippen LogP) is 2.35. The van der Waals surface area contributed by atoms with E-state index in [-0.39, 0.29) is 24.4 Å². The lowest BCUT2D eigenvalue weighted by atomic mass is 9.76. The first kappa shape index (κ1) is 22.7. The summed E-state index contributed by atoms with van der Waals surface area (Å²) in [7, 11) is 2.52. The van der Waals surface area contributed by atoms with E-state index in [0.29, 0.717) is 13.2 Å². The Bertz CT molecular complexity index is 1010. The molecule has 34 heavy (non-hydrogen) atoms. The second kappa shape index (κ2) is 8.96. The molecule has 0 aromatic heterocycles. The second-order valence-electron chi connectivity index (χ2n) is 8.55. The quantitative estimate of drug-likeness (QED) is 0.389. The number of hydrogen-bond donors (Lipinski definition) is 0. The Morgan fingerprint density at radius 1 is 0.735 bits per heavy atom. The first-order chi connectivity index (χ1) is 16.6. The number of methoxy groups -OCH3 is 2. The van der Waals surface area contributed by atoms with E-state index in [1.54, 1.807) is 0 Å². The van der Waals surface area contributed by atoms with Gasteiger partial charge >= 0.3 is 11.9 Å². The van der Waals surface area contributed by atoms with Crippen LogP contribution in [0.2, 0.25) is 0 Å². The van der Waals surface area contributed by atoms with Crippen LogP contribution in [0.5, 0.6) is 0 Å². The largest absolute Gasteiger partial charge is 0.466 e. The van der Waals surface area contributed by atoms with Crippen LogP contribution in [0.3, 0.4) is 0 Å². The lowest BCUT2D eigenvalue weighted by Gasteiger charge is -2.30. The molecule has 0 radical (unpaired) electrons. The highest BCUT2D eigenvalue weighted by atomic mass is 16.7. The molecular weight excluding hydrogens is 440 g/mol. The monoisotopic (exact) mass is 466 g/mol. The van der Waals surface area contributed by atoms with Gasteiger partial charge in [0.15, 0.2) is 11.2 Å². The molecule has 0 unspecified atom stereocenters. The van der Waals surface area contributed by atoms with Gasteiger partial charge < -0.3 is 28.4 Å². The maximum atomic E-state index is 13.0. The number of fused-ring (bicyclic) bond motifs is 5. The van der Waals surface area contributed by atoms with Crippen molar-refractivity contribution in [2.75, 3.05) is 27.4 Å². The van der Waals surface area contributed by atoms with Gasteiger partial charge in [-0.1, -0.05) is 60.7 Å². The van der Waals surface area contributed by atoms with Crippen molar-refractivity contribution in [3.8, 4) is 0 Å². The zero-order valence-corrected chi connectivity index (χ0v) is 19.0. The fourth-order valence-corrected chi connectivity index (χ4v) is 4.98. The molecule has 0 amide bonds. The van der Waals surface area contributed by atoms with Crippen LogP contribution in [-0.2, 0) is 51.2 Å². The van der Waals surface area contributed by atoms with Crippen molar-refractivity contribution in [3.05, 3.63) is 82.9 Å². The van der Waals surface area contributed by atoms with Gasteiger partial charge in [0.25, 0.3) is 0 Å². The highest BCUT2D eigenvalue weighted by Crippen LogP contribution is 2.64. The average Bonchev–Trinajstić information content (AvgIpc) is 3.59. The minimum atomic E-state index is -1.29. The third kappa shape index (κ3) is 3.63. The molecule has 2 aromatic carbocycles. The fourth-order valence-electron chi connectivity index (χ4n) is 4.98. The third-order valence-corrected chi connectivity index (χ3v) is 6.51. The Labute approximate surface area is 197 Å². The summed E-state index contributed by atoms with van der Waals surface area (Å²) >= 11 is 0. The van der Waals surface area contributed by atoms with Crippen LogP contribution >= 0.6 is 0 Å². The van der Waals surface area contributed by atoms with E-state index in [4.69, 9.17) is 28.4 Å². The number of hydrogen-bond acceptors (Lipinski definition) is 8. The Balaban J connectivity index is 1.44. The van der Waals surface area contributed by atoms with Gasteiger partial charge in [0.2, 0.25) is 0 Å². The van der Waals surface area contributed by atoms with E-state index < -0.39 is 35.3 Å². The molecule has 2 aromatic rings. The number of carbonyl (C=O) groups is 2. The summed E-state index contributed by atoms with van der Waals surface area (Å²) in [4.78, 5) is 25.9. The van der Waals surface area contributed by atoms with Gasteiger partial charge in [-0.3, -0.25) is 0 Å². The molecule has 3 heterocycles. The normalized spacial score (nSPS) is 28.5. The van der Waals surface area contributed by atoms with Crippen molar-refractivity contribution in [2.45, 2.75) is 36.6 Å². The van der Waals surface area contributed by atoms with Crippen molar-refractivity contribution >= 4 is 11.9 Å². The van der Waals surface area contributed by atoms with Gasteiger partial charge in [-0.15, -0.1) is 0 Å². The Morgan fingerprint density at radius 2 is 1.15 bits per heavy atom. The lowest BCUT2D eigenvalue weighted by molar-refractivity contribution is -0.167. The summed E-state index contributed by atoms with van der Waals surface area (Å²) in [5, 5.41) is 0. The topological polar surface area (TPSA) is 92.8 Å². The Morgan fingerprint density at radius 3 is 1.53 bits per heavy atom. The van der Waals surface area contributed by atoms with E-state index in [2.05, 4.69) is 0 Å².